The molecule has 230 valence electrons. The first kappa shape index (κ1) is 38.1. The highest BCUT2D eigenvalue weighted by Crippen LogP contribution is 2.26. The van der Waals surface area contributed by atoms with E-state index >= 15 is 0 Å². The molecular formula is C35H56N2O4. The third-order valence-electron chi connectivity index (χ3n) is 6.49. The van der Waals surface area contributed by atoms with Crippen LogP contribution in [0.2, 0.25) is 0 Å². The van der Waals surface area contributed by atoms with Gasteiger partial charge in [-0.05, 0) is 63.9 Å². The summed E-state index contributed by atoms with van der Waals surface area (Å²) in [5, 5.41) is 0. The number of methoxy groups -OCH3 is 1. The van der Waals surface area contributed by atoms with E-state index in [9.17, 15) is 4.79 Å². The van der Waals surface area contributed by atoms with Gasteiger partial charge in [0, 0.05) is 46.2 Å². The predicted octanol–water partition coefficient (Wildman–Crippen LogP) is 7.33. The Hall–Kier alpha value is -2.85. The summed E-state index contributed by atoms with van der Waals surface area (Å²) in [7, 11) is 3.39. The lowest BCUT2D eigenvalue weighted by atomic mass is 10.1. The van der Waals surface area contributed by atoms with Gasteiger partial charge in [-0.1, -0.05) is 69.2 Å². The van der Waals surface area contributed by atoms with Crippen LogP contribution in [-0.4, -0.2) is 74.5 Å². The van der Waals surface area contributed by atoms with Crippen LogP contribution in [0.4, 0.5) is 0 Å². The van der Waals surface area contributed by atoms with Gasteiger partial charge in [-0.3, -0.25) is 4.79 Å². The van der Waals surface area contributed by atoms with Gasteiger partial charge in [-0.15, -0.1) is 12.8 Å². The lowest BCUT2D eigenvalue weighted by molar-refractivity contribution is -0.125. The molecule has 0 radical (unpaired) electrons. The highest BCUT2D eigenvalue weighted by Gasteiger charge is 2.29. The van der Waals surface area contributed by atoms with Gasteiger partial charge in [0.2, 0.25) is 5.79 Å². The molecule has 1 atom stereocenters. The van der Waals surface area contributed by atoms with Crippen LogP contribution in [-0.2, 0) is 19.0 Å². The van der Waals surface area contributed by atoms with Crippen LogP contribution < -0.4 is 0 Å². The summed E-state index contributed by atoms with van der Waals surface area (Å²) in [5.74, 6) is -0.114. The molecule has 0 saturated carbocycles. The number of terminal acetylenes is 1. The van der Waals surface area contributed by atoms with Crippen LogP contribution in [0.5, 0.6) is 0 Å². The molecule has 1 aromatic rings. The van der Waals surface area contributed by atoms with Crippen molar-refractivity contribution in [2.24, 2.45) is 0 Å². The molecule has 0 bridgehead atoms. The van der Waals surface area contributed by atoms with Gasteiger partial charge in [0.25, 0.3) is 5.91 Å². The normalized spacial score (nSPS) is 18.1. The Morgan fingerprint density at radius 2 is 1.78 bits per heavy atom. The van der Waals surface area contributed by atoms with Gasteiger partial charge in [-0.2, -0.15) is 0 Å². The second-order valence-electron chi connectivity index (χ2n) is 10.5. The van der Waals surface area contributed by atoms with Gasteiger partial charge in [0.1, 0.15) is 12.4 Å². The standard InChI is InChI=1S/C22H29NO4.C9H19N.C2H6.C2H2/c1-17(13-18-9-7-6-8-10-18)15-23(4)21(24)19(11-12-25-5)14-20-16-26-22(2,3)27-20;1-3-6-9(2)10-7-4-5-8-10;2*1-2/h6-11,13-14H,12,15-16H2,1-5H3;9H,3-8H2,1-2H3;1-2H3;1-2H/b17-13+,19-11+,20-14+;;;. The third-order valence-corrected chi connectivity index (χ3v) is 6.49. The first-order chi connectivity index (χ1) is 19.6. The quantitative estimate of drug-likeness (QED) is 0.218. The fourth-order valence-electron chi connectivity index (χ4n) is 4.57. The molecule has 2 fully saturated rings. The SMILES string of the molecule is C#C.CC.CCCC(C)N1CCCC1.COC/C=C(\C=C1/COC(C)(C)O1)C(=O)N(C)C/C(C)=C/c1ccccc1. The highest BCUT2D eigenvalue weighted by molar-refractivity contribution is 5.96. The molecular weight excluding hydrogens is 512 g/mol. The Balaban J connectivity index is 0.000000950. The van der Waals surface area contributed by atoms with E-state index in [1.807, 2.05) is 65.0 Å². The number of ether oxygens (including phenoxy) is 3. The molecule has 1 aromatic carbocycles. The summed E-state index contributed by atoms with van der Waals surface area (Å²) >= 11 is 0. The zero-order chi connectivity index (χ0) is 31.3. The second-order valence-corrected chi connectivity index (χ2v) is 10.5. The number of amides is 1. The van der Waals surface area contributed by atoms with Crippen molar-refractivity contribution in [3.63, 3.8) is 0 Å². The van der Waals surface area contributed by atoms with E-state index in [1.54, 1.807) is 31.2 Å². The van der Waals surface area contributed by atoms with Crippen molar-refractivity contribution >= 4 is 12.0 Å². The van der Waals surface area contributed by atoms with Crippen molar-refractivity contribution in [1.82, 2.24) is 9.80 Å². The fraction of sp³-hybridized carbons (Fsp3) is 0.571. The first-order valence-electron chi connectivity index (χ1n) is 14.9. The molecule has 0 N–H and O–H groups in total. The number of nitrogens with zero attached hydrogens (tertiary/aromatic N) is 2. The average Bonchev–Trinajstić information content (AvgIpc) is 3.63. The summed E-state index contributed by atoms with van der Waals surface area (Å²) in [5.41, 5.74) is 2.74. The Bertz CT molecular complexity index is 957. The molecule has 1 unspecified atom stereocenters. The average molecular weight is 569 g/mol. The molecule has 2 heterocycles. The molecule has 3 rings (SSSR count). The van der Waals surface area contributed by atoms with Gasteiger partial charge in [0.05, 0.1) is 6.61 Å². The van der Waals surface area contributed by atoms with Crippen LogP contribution in [0.25, 0.3) is 6.08 Å². The largest absolute Gasteiger partial charge is 0.465 e. The number of carbonyl (C=O) groups is 1. The number of hydrogen-bond acceptors (Lipinski definition) is 5. The number of carbonyl (C=O) groups excluding carboxylic acids is 1. The van der Waals surface area contributed by atoms with E-state index in [0.717, 1.165) is 17.2 Å². The van der Waals surface area contributed by atoms with Crippen LogP contribution in [0, 0.1) is 12.8 Å². The van der Waals surface area contributed by atoms with Crippen molar-refractivity contribution in [3.05, 3.63) is 65.0 Å². The monoisotopic (exact) mass is 568 g/mol. The molecule has 0 aromatic heterocycles. The summed E-state index contributed by atoms with van der Waals surface area (Å²) < 4.78 is 16.4. The van der Waals surface area contributed by atoms with E-state index in [-0.39, 0.29) is 5.91 Å². The van der Waals surface area contributed by atoms with Gasteiger partial charge in [-0.25, -0.2) is 0 Å². The number of rotatable bonds is 10. The minimum atomic E-state index is -0.665. The van der Waals surface area contributed by atoms with E-state index in [4.69, 9.17) is 14.2 Å². The van der Waals surface area contributed by atoms with Crippen molar-refractivity contribution in [2.45, 2.75) is 86.0 Å². The molecule has 1 amide bonds. The summed E-state index contributed by atoms with van der Waals surface area (Å²) in [6.45, 7) is 18.3. The number of likely N-dealkylation sites (N-methyl/N-ethyl adjacent to an activating group) is 1. The Labute approximate surface area is 251 Å². The van der Waals surface area contributed by atoms with E-state index < -0.39 is 5.79 Å². The molecule has 2 aliphatic rings. The molecule has 2 aliphatic heterocycles. The second kappa shape index (κ2) is 21.8. The summed E-state index contributed by atoms with van der Waals surface area (Å²) in [6.07, 6.45) is 19.1. The zero-order valence-corrected chi connectivity index (χ0v) is 27.2. The van der Waals surface area contributed by atoms with Crippen LogP contribution in [0.3, 0.4) is 0 Å². The van der Waals surface area contributed by atoms with E-state index in [0.29, 0.717) is 31.1 Å². The lowest BCUT2D eigenvalue weighted by Gasteiger charge is -2.22. The highest BCUT2D eigenvalue weighted by atomic mass is 16.7. The molecule has 6 heteroatoms. The number of hydrogen-bond donors (Lipinski definition) is 0. The molecule has 6 nitrogen and oxygen atoms in total. The smallest absolute Gasteiger partial charge is 0.253 e. The number of benzene rings is 1. The van der Waals surface area contributed by atoms with Crippen molar-refractivity contribution in [3.8, 4) is 12.8 Å². The maximum absolute atomic E-state index is 12.9. The molecule has 2 saturated heterocycles. The molecule has 0 aliphatic carbocycles. The van der Waals surface area contributed by atoms with E-state index in [1.165, 1.54) is 38.8 Å². The van der Waals surface area contributed by atoms with Crippen LogP contribution in [0.15, 0.2) is 59.4 Å². The Kier molecular flexibility index (Phi) is 20.3. The predicted molar refractivity (Wildman–Crippen MR) is 173 cm³/mol. The van der Waals surface area contributed by atoms with Crippen LogP contribution >= 0.6 is 0 Å². The van der Waals surface area contributed by atoms with Gasteiger partial charge in [0.15, 0.2) is 0 Å². The fourth-order valence-corrected chi connectivity index (χ4v) is 4.57. The minimum absolute atomic E-state index is 0.0892. The Morgan fingerprint density at radius 3 is 2.29 bits per heavy atom. The van der Waals surface area contributed by atoms with Crippen LogP contribution in [0.1, 0.15) is 79.7 Å². The topological polar surface area (TPSA) is 51.2 Å². The first-order valence-corrected chi connectivity index (χ1v) is 14.9. The molecule has 0 spiro atoms. The van der Waals surface area contributed by atoms with Crippen molar-refractivity contribution in [2.75, 3.05) is 47.0 Å². The van der Waals surface area contributed by atoms with Crippen molar-refractivity contribution in [1.29, 1.82) is 0 Å². The number of likely N-dealkylation sites (tertiary alicyclic amines) is 1. The van der Waals surface area contributed by atoms with Crippen molar-refractivity contribution < 1.29 is 19.0 Å². The Morgan fingerprint density at radius 1 is 1.17 bits per heavy atom. The summed E-state index contributed by atoms with van der Waals surface area (Å²) in [4.78, 5) is 17.2. The minimum Gasteiger partial charge on any atom is -0.465 e. The summed E-state index contributed by atoms with van der Waals surface area (Å²) in [6, 6.07) is 10.9. The van der Waals surface area contributed by atoms with Gasteiger partial charge < -0.3 is 24.0 Å². The zero-order valence-electron chi connectivity index (χ0n) is 27.2. The van der Waals surface area contributed by atoms with Gasteiger partial charge >= 0.3 is 0 Å². The maximum atomic E-state index is 12.9. The third kappa shape index (κ3) is 15.7. The van der Waals surface area contributed by atoms with E-state index in [2.05, 4.69) is 37.7 Å². The molecule has 41 heavy (non-hydrogen) atoms. The lowest BCUT2D eigenvalue weighted by Crippen LogP contribution is -2.29. The maximum Gasteiger partial charge on any atom is 0.253 e.